The fourth-order valence-electron chi connectivity index (χ4n) is 5.95. The normalized spacial score (nSPS) is 20.8. The third kappa shape index (κ3) is 6.39. The zero-order valence-corrected chi connectivity index (χ0v) is 23.9. The van der Waals surface area contributed by atoms with Crippen LogP contribution in [0.15, 0.2) is 48.8 Å². The van der Waals surface area contributed by atoms with Gasteiger partial charge in [-0.05, 0) is 25.3 Å². The number of halogens is 1. The highest BCUT2D eigenvalue weighted by Crippen LogP contribution is 2.32. The summed E-state index contributed by atoms with van der Waals surface area (Å²) in [5.74, 6) is 0.670. The molecule has 0 saturated carbocycles. The number of carbonyl (C=O) groups is 2. The number of morpholine rings is 1. The number of nitrogens with one attached hydrogen (secondary N) is 2. The highest BCUT2D eigenvalue weighted by Gasteiger charge is 2.34. The van der Waals surface area contributed by atoms with Crippen LogP contribution < -0.4 is 5.32 Å². The van der Waals surface area contributed by atoms with Crippen LogP contribution in [0.5, 0.6) is 0 Å². The molecule has 5 heterocycles. The molecule has 41 heavy (non-hydrogen) atoms. The van der Waals surface area contributed by atoms with Gasteiger partial charge in [0.05, 0.1) is 30.1 Å². The smallest absolute Gasteiger partial charge is 0.246 e. The Morgan fingerprint density at radius 2 is 1.85 bits per heavy atom. The summed E-state index contributed by atoms with van der Waals surface area (Å²) >= 11 is 6.49. The van der Waals surface area contributed by atoms with Crippen LogP contribution in [0.25, 0.3) is 22.2 Å². The van der Waals surface area contributed by atoms with E-state index in [0.717, 1.165) is 55.7 Å². The Balaban J connectivity index is 0.992. The Morgan fingerprint density at radius 1 is 1.07 bits per heavy atom. The Kier molecular flexibility index (Phi) is 8.50. The maximum absolute atomic E-state index is 13.3. The van der Waals surface area contributed by atoms with Gasteiger partial charge in [-0.15, -0.1) is 0 Å². The number of likely N-dealkylation sites (tertiary alicyclic amines) is 2. The second kappa shape index (κ2) is 12.6. The number of fused-ring (bicyclic) bond motifs is 1. The number of aromatic amines is 1. The number of hydrogen-bond donors (Lipinski definition) is 2. The summed E-state index contributed by atoms with van der Waals surface area (Å²) in [4.78, 5) is 44.4. The summed E-state index contributed by atoms with van der Waals surface area (Å²) < 4.78 is 5.37. The van der Waals surface area contributed by atoms with Crippen LogP contribution in [0.2, 0.25) is 5.02 Å². The van der Waals surface area contributed by atoms with Crippen LogP contribution in [0.3, 0.4) is 0 Å². The second-order valence-electron chi connectivity index (χ2n) is 11.0. The van der Waals surface area contributed by atoms with Crippen LogP contribution in [0, 0.1) is 5.92 Å². The fraction of sp³-hybridized carbons (Fsp3) is 0.467. The van der Waals surface area contributed by atoms with Crippen LogP contribution in [-0.2, 0) is 14.3 Å². The molecule has 0 bridgehead atoms. The van der Waals surface area contributed by atoms with Gasteiger partial charge >= 0.3 is 0 Å². The fourth-order valence-corrected chi connectivity index (χ4v) is 6.14. The molecule has 3 saturated heterocycles. The Labute approximate surface area is 244 Å². The summed E-state index contributed by atoms with van der Waals surface area (Å²) in [6, 6.07) is 8.10. The van der Waals surface area contributed by atoms with Gasteiger partial charge in [0, 0.05) is 86.5 Å². The van der Waals surface area contributed by atoms with E-state index in [2.05, 4.69) is 20.2 Å². The molecule has 2 aromatic heterocycles. The summed E-state index contributed by atoms with van der Waals surface area (Å²) in [6.07, 6.45) is 9.38. The predicted octanol–water partition coefficient (Wildman–Crippen LogP) is 3.42. The molecule has 3 aliphatic rings. The number of ether oxygens (including phenoxy) is 1. The Hall–Kier alpha value is -3.47. The number of para-hydroxylation sites is 1. The number of benzene rings is 1. The first kappa shape index (κ1) is 27.7. The first-order chi connectivity index (χ1) is 20.0. The third-order valence-electron chi connectivity index (χ3n) is 8.31. The van der Waals surface area contributed by atoms with E-state index in [-0.39, 0.29) is 23.8 Å². The molecule has 6 rings (SSSR count). The molecule has 3 aromatic rings. The van der Waals surface area contributed by atoms with Crippen LogP contribution in [-0.4, -0.2) is 107 Å². The highest BCUT2D eigenvalue weighted by molar-refractivity contribution is 6.33. The molecule has 2 N–H and O–H groups in total. The van der Waals surface area contributed by atoms with E-state index < -0.39 is 0 Å². The van der Waals surface area contributed by atoms with E-state index in [0.29, 0.717) is 55.7 Å². The van der Waals surface area contributed by atoms with E-state index in [1.165, 1.54) is 0 Å². The number of aromatic nitrogens is 3. The summed E-state index contributed by atoms with van der Waals surface area (Å²) in [6.45, 7) is 6.59. The largest absolute Gasteiger partial charge is 0.379 e. The lowest BCUT2D eigenvalue weighted by Gasteiger charge is -2.32. The molecule has 0 spiro atoms. The van der Waals surface area contributed by atoms with Crippen molar-refractivity contribution in [2.24, 2.45) is 5.92 Å². The molecule has 1 aromatic carbocycles. The summed E-state index contributed by atoms with van der Waals surface area (Å²) in [5, 5.41) is 4.95. The summed E-state index contributed by atoms with van der Waals surface area (Å²) in [5.41, 5.74) is 2.62. The zero-order chi connectivity index (χ0) is 28.2. The number of nitrogens with zero attached hydrogens (tertiary/aromatic N) is 5. The maximum atomic E-state index is 13.3. The topological polar surface area (TPSA) is 107 Å². The number of rotatable bonds is 7. The van der Waals surface area contributed by atoms with Crippen molar-refractivity contribution in [3.63, 3.8) is 0 Å². The van der Waals surface area contributed by atoms with Crippen LogP contribution in [0.1, 0.15) is 19.3 Å². The van der Waals surface area contributed by atoms with E-state index in [9.17, 15) is 9.59 Å². The molecular formula is C30H36ClN7O3. The lowest BCUT2D eigenvalue weighted by Crippen LogP contribution is -2.44. The average Bonchev–Trinajstić information content (AvgIpc) is 3.66. The van der Waals surface area contributed by atoms with Crippen molar-refractivity contribution in [3.05, 3.63) is 53.8 Å². The van der Waals surface area contributed by atoms with Crippen LogP contribution in [0.4, 0.5) is 5.95 Å². The van der Waals surface area contributed by atoms with Crippen molar-refractivity contribution in [2.45, 2.75) is 25.3 Å². The molecule has 3 fully saturated rings. The number of anilines is 1. The Bertz CT molecular complexity index is 1410. The zero-order valence-electron chi connectivity index (χ0n) is 23.1. The van der Waals surface area contributed by atoms with Crippen molar-refractivity contribution in [3.8, 4) is 11.3 Å². The van der Waals surface area contributed by atoms with E-state index in [1.807, 2.05) is 46.3 Å². The van der Waals surface area contributed by atoms with E-state index in [1.54, 1.807) is 12.3 Å². The van der Waals surface area contributed by atoms with E-state index >= 15 is 0 Å². The average molecular weight is 578 g/mol. The van der Waals surface area contributed by atoms with Gasteiger partial charge in [0.2, 0.25) is 17.8 Å². The second-order valence-corrected chi connectivity index (χ2v) is 11.4. The van der Waals surface area contributed by atoms with Crippen molar-refractivity contribution < 1.29 is 14.3 Å². The van der Waals surface area contributed by atoms with Crippen molar-refractivity contribution in [2.75, 3.05) is 64.3 Å². The number of H-pyrrole nitrogens is 1. The van der Waals surface area contributed by atoms with E-state index in [4.69, 9.17) is 21.3 Å². The quantitative estimate of drug-likeness (QED) is 0.414. The highest BCUT2D eigenvalue weighted by atomic mass is 35.5. The number of piperidine rings is 1. The predicted molar refractivity (Wildman–Crippen MR) is 159 cm³/mol. The molecule has 0 unspecified atom stereocenters. The van der Waals surface area contributed by atoms with Gasteiger partial charge in [0.25, 0.3) is 0 Å². The molecule has 1 atom stereocenters. The number of hydrogen-bond acceptors (Lipinski definition) is 7. The van der Waals surface area contributed by atoms with Gasteiger partial charge in [-0.1, -0.05) is 35.9 Å². The molecular weight excluding hydrogens is 542 g/mol. The molecule has 0 aliphatic carbocycles. The third-order valence-corrected chi connectivity index (χ3v) is 8.58. The van der Waals surface area contributed by atoms with Gasteiger partial charge in [0.1, 0.15) is 0 Å². The SMILES string of the molecule is O=C(/C=C/CN1CCOCC1)N1CCC(C(=O)N2CC[C@@H](Nc3ncc(Cl)c(-c4c[nH]c5ccccc45)n3)C2)CC1. The van der Waals surface area contributed by atoms with Gasteiger partial charge in [-0.25, -0.2) is 9.97 Å². The maximum Gasteiger partial charge on any atom is 0.246 e. The van der Waals surface area contributed by atoms with Crippen molar-refractivity contribution >= 4 is 40.3 Å². The molecule has 11 heteroatoms. The molecule has 10 nitrogen and oxygen atoms in total. The molecule has 216 valence electrons. The monoisotopic (exact) mass is 577 g/mol. The van der Waals surface area contributed by atoms with Crippen molar-refractivity contribution in [1.29, 1.82) is 0 Å². The first-order valence-corrected chi connectivity index (χ1v) is 14.8. The van der Waals surface area contributed by atoms with Gasteiger partial charge in [0.15, 0.2) is 0 Å². The number of amides is 2. The summed E-state index contributed by atoms with van der Waals surface area (Å²) in [7, 11) is 0. The standard InChI is InChI=1S/C30H36ClN7O3/c31-25-19-33-30(35-28(25)24-18-32-26-5-2-1-4-23(24)26)34-22-9-13-38(20-22)29(40)21-7-11-37(12-8-21)27(39)6-3-10-36-14-16-41-17-15-36/h1-6,18-19,21-22,32H,7-17,20H2,(H,33,34,35)/b6-3+/t22-/m1/s1. The van der Waals surface area contributed by atoms with Gasteiger partial charge < -0.3 is 24.8 Å². The van der Waals surface area contributed by atoms with Crippen LogP contribution >= 0.6 is 11.6 Å². The first-order valence-electron chi connectivity index (χ1n) is 14.4. The number of carbonyl (C=O) groups excluding carboxylic acids is 2. The molecule has 3 aliphatic heterocycles. The van der Waals surface area contributed by atoms with Crippen molar-refractivity contribution in [1.82, 2.24) is 29.7 Å². The minimum absolute atomic E-state index is 0.0320. The van der Waals surface area contributed by atoms with Gasteiger partial charge in [-0.3, -0.25) is 14.5 Å². The minimum atomic E-state index is -0.0459. The minimum Gasteiger partial charge on any atom is -0.379 e. The lowest BCUT2D eigenvalue weighted by atomic mass is 9.95. The molecule has 2 amide bonds. The molecule has 0 radical (unpaired) electrons. The lowest BCUT2D eigenvalue weighted by molar-refractivity contribution is -0.138. The Morgan fingerprint density at radius 3 is 2.68 bits per heavy atom. The van der Waals surface area contributed by atoms with Gasteiger partial charge in [-0.2, -0.15) is 0 Å².